The maximum Gasteiger partial charge on any atom is 0.412 e. The second-order valence-corrected chi connectivity index (χ2v) is 7.00. The Labute approximate surface area is 134 Å². The van der Waals surface area contributed by atoms with Crippen LogP contribution in [0.5, 0.6) is 0 Å². The van der Waals surface area contributed by atoms with E-state index in [0.29, 0.717) is 13.2 Å². The summed E-state index contributed by atoms with van der Waals surface area (Å²) >= 11 is 0. The molecule has 1 fully saturated rings. The van der Waals surface area contributed by atoms with Crippen molar-refractivity contribution in [1.82, 2.24) is 10.2 Å². The van der Waals surface area contributed by atoms with Gasteiger partial charge in [0, 0.05) is 12.6 Å². The largest absolute Gasteiger partial charge is 0.444 e. The van der Waals surface area contributed by atoms with Crippen LogP contribution >= 0.6 is 0 Å². The predicted molar refractivity (Wildman–Crippen MR) is 88.7 cm³/mol. The van der Waals surface area contributed by atoms with E-state index in [9.17, 15) is 4.79 Å². The number of nitrogens with zero attached hydrogens (tertiary/aromatic N) is 1. The molecule has 1 rings (SSSR count). The number of rotatable bonds is 6. The third kappa shape index (κ3) is 4.85. The summed E-state index contributed by atoms with van der Waals surface area (Å²) < 4.78 is 11.4. The lowest BCUT2D eigenvalue weighted by Gasteiger charge is -2.37. The highest BCUT2D eigenvalue weighted by molar-refractivity contribution is 5.70. The van der Waals surface area contributed by atoms with Crippen LogP contribution in [-0.4, -0.2) is 47.6 Å². The maximum absolute atomic E-state index is 12.6. The van der Waals surface area contributed by atoms with Gasteiger partial charge in [-0.1, -0.05) is 12.2 Å². The minimum atomic E-state index is -0.692. The number of carbonyl (C=O) groups is 1. The number of hydrogen-bond acceptors (Lipinski definition) is 4. The number of ether oxygens (including phenoxy) is 2. The molecule has 0 spiro atoms. The fraction of sp³-hybridized carbons (Fsp3) is 0.706. The molecule has 5 nitrogen and oxygen atoms in total. The Hall–Kier alpha value is -1.33. The van der Waals surface area contributed by atoms with Gasteiger partial charge in [-0.2, -0.15) is 0 Å². The lowest BCUT2D eigenvalue weighted by atomic mass is 10.0. The van der Waals surface area contributed by atoms with Gasteiger partial charge in [0.1, 0.15) is 11.3 Å². The van der Waals surface area contributed by atoms with Gasteiger partial charge in [0.05, 0.1) is 12.6 Å². The van der Waals surface area contributed by atoms with Gasteiger partial charge >= 0.3 is 6.09 Å². The minimum Gasteiger partial charge on any atom is -0.444 e. The van der Waals surface area contributed by atoms with Gasteiger partial charge in [0.15, 0.2) is 0 Å². The highest BCUT2D eigenvalue weighted by Gasteiger charge is 2.48. The Balaban J connectivity index is 2.97. The van der Waals surface area contributed by atoms with Gasteiger partial charge in [-0.05, 0) is 41.0 Å². The third-order valence-corrected chi connectivity index (χ3v) is 3.52. The van der Waals surface area contributed by atoms with E-state index in [1.54, 1.807) is 11.0 Å². The van der Waals surface area contributed by atoms with E-state index < -0.39 is 11.3 Å². The summed E-state index contributed by atoms with van der Waals surface area (Å²) in [5, 5.41) is 3.38. The molecule has 0 aliphatic carbocycles. The zero-order valence-electron chi connectivity index (χ0n) is 14.5. The summed E-state index contributed by atoms with van der Waals surface area (Å²) in [6.07, 6.45) is 4.03. The van der Waals surface area contributed by atoms with Crippen LogP contribution in [0.4, 0.5) is 4.79 Å². The average Bonchev–Trinajstić information content (AvgIpc) is 2.68. The molecule has 1 aliphatic heterocycles. The molecule has 1 saturated heterocycles. The SMILES string of the molecule is C=CCN[C@H](CC=C)[C@@H]1COC(C)(C)N1C(=O)OC(C)(C)C. The topological polar surface area (TPSA) is 50.8 Å². The lowest BCUT2D eigenvalue weighted by Crippen LogP contribution is -2.56. The van der Waals surface area contributed by atoms with Crippen LogP contribution in [-0.2, 0) is 9.47 Å². The highest BCUT2D eigenvalue weighted by atomic mass is 16.6. The fourth-order valence-electron chi connectivity index (χ4n) is 2.59. The van der Waals surface area contributed by atoms with E-state index >= 15 is 0 Å². The van der Waals surface area contributed by atoms with E-state index in [0.717, 1.165) is 6.42 Å². The van der Waals surface area contributed by atoms with Gasteiger partial charge in [0.25, 0.3) is 0 Å². The van der Waals surface area contributed by atoms with Crippen LogP contribution in [0.2, 0.25) is 0 Å². The van der Waals surface area contributed by atoms with Crippen molar-refractivity contribution < 1.29 is 14.3 Å². The van der Waals surface area contributed by atoms with Gasteiger partial charge in [-0.15, -0.1) is 13.2 Å². The number of nitrogens with one attached hydrogen (secondary N) is 1. The molecule has 1 amide bonds. The molecule has 0 aromatic rings. The van der Waals surface area contributed by atoms with Gasteiger partial charge in [-0.25, -0.2) is 4.79 Å². The molecule has 0 radical (unpaired) electrons. The molecular formula is C17H30N2O3. The first-order valence-corrected chi connectivity index (χ1v) is 7.74. The first-order valence-electron chi connectivity index (χ1n) is 7.74. The van der Waals surface area contributed by atoms with Crippen molar-refractivity contribution in [3.8, 4) is 0 Å². The second-order valence-electron chi connectivity index (χ2n) is 7.00. The Bertz CT molecular complexity index is 413. The van der Waals surface area contributed by atoms with Crippen LogP contribution in [0.15, 0.2) is 25.3 Å². The summed E-state index contributed by atoms with van der Waals surface area (Å²) in [6.45, 7) is 18.0. The van der Waals surface area contributed by atoms with Crippen molar-refractivity contribution in [1.29, 1.82) is 0 Å². The van der Waals surface area contributed by atoms with Crippen molar-refractivity contribution in [2.24, 2.45) is 0 Å². The smallest absolute Gasteiger partial charge is 0.412 e. The standard InChI is InChI=1S/C17H30N2O3/c1-8-10-13(18-11-9-2)14-12-21-17(6,7)19(14)15(20)22-16(3,4)5/h8-9,13-14,18H,1-2,10-12H2,3-7H3/t13-,14+/m1/s1. The Morgan fingerprint density at radius 1 is 1.45 bits per heavy atom. The zero-order valence-corrected chi connectivity index (χ0v) is 14.5. The van der Waals surface area contributed by atoms with E-state index in [4.69, 9.17) is 9.47 Å². The molecule has 1 aliphatic rings. The monoisotopic (exact) mass is 310 g/mol. The Morgan fingerprint density at radius 2 is 2.09 bits per heavy atom. The molecule has 0 unspecified atom stereocenters. The van der Waals surface area contributed by atoms with Crippen LogP contribution in [0, 0.1) is 0 Å². The first kappa shape index (κ1) is 18.7. The van der Waals surface area contributed by atoms with Crippen molar-refractivity contribution in [3.05, 3.63) is 25.3 Å². The molecule has 5 heteroatoms. The van der Waals surface area contributed by atoms with E-state index in [-0.39, 0.29) is 18.2 Å². The number of carbonyl (C=O) groups excluding carboxylic acids is 1. The van der Waals surface area contributed by atoms with Crippen LogP contribution in [0.25, 0.3) is 0 Å². The molecule has 0 saturated carbocycles. The second kappa shape index (κ2) is 7.29. The van der Waals surface area contributed by atoms with Crippen molar-refractivity contribution in [3.63, 3.8) is 0 Å². The van der Waals surface area contributed by atoms with Gasteiger partial charge < -0.3 is 14.8 Å². The van der Waals surface area contributed by atoms with Gasteiger partial charge in [0.2, 0.25) is 0 Å². The molecule has 22 heavy (non-hydrogen) atoms. The van der Waals surface area contributed by atoms with Crippen LogP contribution < -0.4 is 5.32 Å². The molecule has 1 N–H and O–H groups in total. The molecule has 0 bridgehead atoms. The van der Waals surface area contributed by atoms with Gasteiger partial charge in [-0.3, -0.25) is 4.90 Å². The normalized spacial score (nSPS) is 22.2. The van der Waals surface area contributed by atoms with Crippen molar-refractivity contribution >= 4 is 6.09 Å². The summed E-state index contributed by atoms with van der Waals surface area (Å²) in [6, 6.07) is -0.0624. The molecule has 0 aromatic carbocycles. The van der Waals surface area contributed by atoms with Crippen molar-refractivity contribution in [2.45, 2.75) is 64.4 Å². The van der Waals surface area contributed by atoms with Crippen LogP contribution in [0.1, 0.15) is 41.0 Å². The summed E-state index contributed by atoms with van der Waals surface area (Å²) in [4.78, 5) is 14.3. The Kier molecular flexibility index (Phi) is 6.20. The van der Waals surface area contributed by atoms with Crippen molar-refractivity contribution in [2.75, 3.05) is 13.2 Å². The lowest BCUT2D eigenvalue weighted by molar-refractivity contribution is -0.0635. The van der Waals surface area contributed by atoms with E-state index in [2.05, 4.69) is 18.5 Å². The minimum absolute atomic E-state index is 0.0461. The summed E-state index contributed by atoms with van der Waals surface area (Å²) in [7, 11) is 0. The van der Waals surface area contributed by atoms with E-state index in [1.165, 1.54) is 0 Å². The quantitative estimate of drug-likeness (QED) is 0.766. The third-order valence-electron chi connectivity index (χ3n) is 3.52. The molecular weight excluding hydrogens is 280 g/mol. The molecule has 2 atom stereocenters. The molecule has 0 aromatic heterocycles. The van der Waals surface area contributed by atoms with Crippen LogP contribution in [0.3, 0.4) is 0 Å². The summed E-state index contributed by atoms with van der Waals surface area (Å²) in [5.74, 6) is 0. The summed E-state index contributed by atoms with van der Waals surface area (Å²) in [5.41, 5.74) is -1.23. The first-order chi connectivity index (χ1) is 10.1. The predicted octanol–water partition coefficient (Wildman–Crippen LogP) is 3.08. The molecule has 126 valence electrons. The maximum atomic E-state index is 12.6. The fourth-order valence-corrected chi connectivity index (χ4v) is 2.59. The number of amides is 1. The van der Waals surface area contributed by atoms with E-state index in [1.807, 2.05) is 40.7 Å². The zero-order chi connectivity index (χ0) is 17.0. The number of hydrogen-bond donors (Lipinski definition) is 1. The molecule has 1 heterocycles. The highest BCUT2D eigenvalue weighted by Crippen LogP contribution is 2.31. The average molecular weight is 310 g/mol. The Morgan fingerprint density at radius 3 is 2.59 bits per heavy atom.